The third kappa shape index (κ3) is 3.34. The summed E-state index contributed by atoms with van der Waals surface area (Å²) in [6.45, 7) is 4.69. The van der Waals surface area contributed by atoms with Gasteiger partial charge in [0.25, 0.3) is 5.91 Å². The maximum Gasteiger partial charge on any atom is 0.354 e. The Balaban J connectivity index is 2.79. The van der Waals surface area contributed by atoms with Crippen LogP contribution in [0.2, 0.25) is 0 Å². The molecule has 0 unspecified atom stereocenters. The number of aromatic nitrogens is 2. The van der Waals surface area contributed by atoms with Crippen LogP contribution in [0.1, 0.15) is 34.8 Å². The lowest BCUT2D eigenvalue weighted by molar-refractivity contribution is -0.131. The van der Waals surface area contributed by atoms with Crippen molar-refractivity contribution in [2.24, 2.45) is 0 Å². The molecule has 0 saturated carbocycles. The molecule has 110 valence electrons. The predicted molar refractivity (Wildman–Crippen MR) is 70.4 cm³/mol. The summed E-state index contributed by atoms with van der Waals surface area (Å²) in [5, 5.41) is 8.91. The van der Waals surface area contributed by atoms with E-state index in [1.807, 2.05) is 13.8 Å². The molecule has 0 aliphatic carbocycles. The number of hydrogen-bond donors (Lipinski definition) is 2. The average molecular weight is 282 g/mol. The molecule has 0 atom stereocenters. The van der Waals surface area contributed by atoms with Crippen LogP contribution in [-0.2, 0) is 4.79 Å². The zero-order valence-electron chi connectivity index (χ0n) is 11.7. The van der Waals surface area contributed by atoms with E-state index >= 15 is 0 Å². The average Bonchev–Trinajstić information content (AvgIpc) is 2.88. The number of carbonyl (C=O) groups excluding carboxylic acids is 2. The number of likely N-dealkylation sites (N-methyl/N-ethyl adjacent to an activating group) is 2. The Morgan fingerprint density at radius 2 is 1.90 bits per heavy atom. The fourth-order valence-corrected chi connectivity index (χ4v) is 1.75. The van der Waals surface area contributed by atoms with Crippen molar-refractivity contribution >= 4 is 17.8 Å². The number of carboxylic acids is 1. The minimum Gasteiger partial charge on any atom is -0.477 e. The van der Waals surface area contributed by atoms with Crippen LogP contribution in [0.4, 0.5) is 0 Å². The number of nitrogens with zero attached hydrogens (tertiary/aromatic N) is 3. The Morgan fingerprint density at radius 1 is 1.30 bits per heavy atom. The molecule has 1 rings (SSSR count). The number of H-pyrrole nitrogens is 1. The molecule has 8 nitrogen and oxygen atoms in total. The van der Waals surface area contributed by atoms with E-state index in [-0.39, 0.29) is 23.8 Å². The number of hydrogen-bond acceptors (Lipinski definition) is 4. The normalized spacial score (nSPS) is 10.2. The lowest BCUT2D eigenvalue weighted by Gasteiger charge is -2.22. The van der Waals surface area contributed by atoms with Gasteiger partial charge in [0.2, 0.25) is 5.91 Å². The van der Waals surface area contributed by atoms with Gasteiger partial charge in [0, 0.05) is 20.1 Å². The Kier molecular flexibility index (Phi) is 5.24. The van der Waals surface area contributed by atoms with Crippen molar-refractivity contribution in [3.63, 3.8) is 0 Å². The van der Waals surface area contributed by atoms with Gasteiger partial charge in [-0.3, -0.25) is 9.59 Å². The number of amides is 2. The van der Waals surface area contributed by atoms with Crippen LogP contribution in [0.25, 0.3) is 0 Å². The zero-order chi connectivity index (χ0) is 15.3. The maximum atomic E-state index is 12.1. The Bertz CT molecular complexity index is 507. The second kappa shape index (κ2) is 6.69. The Morgan fingerprint density at radius 3 is 2.40 bits per heavy atom. The van der Waals surface area contributed by atoms with Crippen molar-refractivity contribution in [2.45, 2.75) is 13.8 Å². The van der Waals surface area contributed by atoms with Crippen LogP contribution in [0, 0.1) is 0 Å². The van der Waals surface area contributed by atoms with Crippen molar-refractivity contribution in [3.8, 4) is 0 Å². The van der Waals surface area contributed by atoms with Gasteiger partial charge >= 0.3 is 5.97 Å². The summed E-state index contributed by atoms with van der Waals surface area (Å²) in [6.07, 6.45) is 1.14. The third-order valence-corrected chi connectivity index (χ3v) is 2.89. The Hall–Kier alpha value is -2.38. The molecule has 8 heteroatoms. The SMILES string of the molecule is CCN(CC)C(=O)CN(C)C(=O)c1nc[nH]c1C(=O)O. The monoisotopic (exact) mass is 282 g/mol. The van der Waals surface area contributed by atoms with E-state index in [1.54, 1.807) is 4.90 Å². The first-order valence-corrected chi connectivity index (χ1v) is 6.22. The first-order valence-electron chi connectivity index (χ1n) is 6.22. The number of imidazole rings is 1. The molecule has 2 N–H and O–H groups in total. The Labute approximate surface area is 116 Å². The van der Waals surface area contributed by atoms with E-state index in [1.165, 1.54) is 7.05 Å². The highest BCUT2D eigenvalue weighted by Gasteiger charge is 2.24. The number of nitrogens with one attached hydrogen (secondary N) is 1. The number of rotatable bonds is 6. The van der Waals surface area contributed by atoms with Crippen LogP contribution in [0.15, 0.2) is 6.33 Å². The molecule has 2 amide bonds. The highest BCUT2D eigenvalue weighted by Crippen LogP contribution is 2.06. The lowest BCUT2D eigenvalue weighted by atomic mass is 10.3. The summed E-state index contributed by atoms with van der Waals surface area (Å²) in [4.78, 5) is 43.7. The van der Waals surface area contributed by atoms with Crippen LogP contribution in [-0.4, -0.2) is 69.3 Å². The van der Waals surface area contributed by atoms with Gasteiger partial charge in [0.15, 0.2) is 11.4 Å². The van der Waals surface area contributed by atoms with Gasteiger partial charge in [-0.05, 0) is 13.8 Å². The summed E-state index contributed by atoms with van der Waals surface area (Å²) in [7, 11) is 1.43. The molecule has 1 aromatic heterocycles. The summed E-state index contributed by atoms with van der Waals surface area (Å²) < 4.78 is 0. The minimum atomic E-state index is -1.27. The smallest absolute Gasteiger partial charge is 0.354 e. The van der Waals surface area contributed by atoms with Gasteiger partial charge in [-0.1, -0.05) is 0 Å². The van der Waals surface area contributed by atoms with Gasteiger partial charge in [-0.2, -0.15) is 0 Å². The quantitative estimate of drug-likeness (QED) is 0.766. The topological polar surface area (TPSA) is 107 Å². The zero-order valence-corrected chi connectivity index (χ0v) is 11.7. The van der Waals surface area contributed by atoms with Crippen LogP contribution < -0.4 is 0 Å². The van der Waals surface area contributed by atoms with E-state index in [2.05, 4.69) is 9.97 Å². The van der Waals surface area contributed by atoms with Gasteiger partial charge in [-0.25, -0.2) is 9.78 Å². The largest absolute Gasteiger partial charge is 0.477 e. The van der Waals surface area contributed by atoms with Crippen LogP contribution >= 0.6 is 0 Å². The second-order valence-electron chi connectivity index (χ2n) is 4.16. The van der Waals surface area contributed by atoms with Crippen molar-refractivity contribution in [1.82, 2.24) is 19.8 Å². The standard InChI is InChI=1S/C12H18N4O4/c1-4-16(5-2)8(17)6-15(3)11(18)9-10(12(19)20)14-7-13-9/h7H,4-6H2,1-3H3,(H,13,14)(H,19,20). The molecular weight excluding hydrogens is 264 g/mol. The van der Waals surface area contributed by atoms with Gasteiger partial charge in [-0.15, -0.1) is 0 Å². The third-order valence-electron chi connectivity index (χ3n) is 2.89. The van der Waals surface area contributed by atoms with E-state index in [0.717, 1.165) is 11.2 Å². The molecule has 0 aliphatic rings. The van der Waals surface area contributed by atoms with Crippen molar-refractivity contribution in [1.29, 1.82) is 0 Å². The number of carboxylic acid groups (broad SMARTS) is 1. The highest BCUT2D eigenvalue weighted by atomic mass is 16.4. The fraction of sp³-hybridized carbons (Fsp3) is 0.500. The summed E-state index contributed by atoms with van der Waals surface area (Å²) in [6, 6.07) is 0. The molecule has 0 radical (unpaired) electrons. The molecule has 0 bridgehead atoms. The lowest BCUT2D eigenvalue weighted by Crippen LogP contribution is -2.41. The van der Waals surface area contributed by atoms with E-state index < -0.39 is 11.9 Å². The predicted octanol–water partition coefficient (Wildman–Crippen LogP) is 0.0483. The van der Waals surface area contributed by atoms with Crippen LogP contribution in [0.5, 0.6) is 0 Å². The molecule has 1 heterocycles. The van der Waals surface area contributed by atoms with Gasteiger partial charge in [0.05, 0.1) is 12.9 Å². The number of aromatic amines is 1. The fourth-order valence-electron chi connectivity index (χ4n) is 1.75. The molecule has 0 aliphatic heterocycles. The van der Waals surface area contributed by atoms with E-state index in [0.29, 0.717) is 13.1 Å². The summed E-state index contributed by atoms with van der Waals surface area (Å²) in [5.74, 6) is -2.07. The molecule has 20 heavy (non-hydrogen) atoms. The maximum absolute atomic E-state index is 12.1. The van der Waals surface area contributed by atoms with Crippen molar-refractivity contribution in [3.05, 3.63) is 17.7 Å². The van der Waals surface area contributed by atoms with Gasteiger partial charge in [0.1, 0.15) is 0 Å². The highest BCUT2D eigenvalue weighted by molar-refractivity contribution is 6.03. The summed E-state index contributed by atoms with van der Waals surface area (Å²) >= 11 is 0. The molecular formula is C12H18N4O4. The molecule has 0 aromatic carbocycles. The van der Waals surface area contributed by atoms with Gasteiger partial charge < -0.3 is 19.9 Å². The van der Waals surface area contributed by atoms with Crippen LogP contribution in [0.3, 0.4) is 0 Å². The molecule has 0 spiro atoms. The van der Waals surface area contributed by atoms with E-state index in [9.17, 15) is 14.4 Å². The summed E-state index contributed by atoms with van der Waals surface area (Å²) in [5.41, 5.74) is -0.482. The second-order valence-corrected chi connectivity index (χ2v) is 4.16. The minimum absolute atomic E-state index is 0.119. The number of aromatic carboxylic acids is 1. The molecule has 0 saturated heterocycles. The molecule has 0 fully saturated rings. The van der Waals surface area contributed by atoms with E-state index in [4.69, 9.17) is 5.11 Å². The van der Waals surface area contributed by atoms with Crippen molar-refractivity contribution < 1.29 is 19.5 Å². The number of carbonyl (C=O) groups is 3. The molecule has 1 aromatic rings. The first-order chi connectivity index (χ1) is 9.42. The van der Waals surface area contributed by atoms with Crippen molar-refractivity contribution in [2.75, 3.05) is 26.7 Å². The first kappa shape index (κ1) is 15.7.